The summed E-state index contributed by atoms with van der Waals surface area (Å²) in [6, 6.07) is 12.1. The van der Waals surface area contributed by atoms with Gasteiger partial charge < -0.3 is 0 Å². The maximum atomic E-state index is 13.3. The van der Waals surface area contributed by atoms with Crippen molar-refractivity contribution in [2.45, 2.75) is 0 Å². The van der Waals surface area contributed by atoms with E-state index >= 15 is 0 Å². The fourth-order valence-electron chi connectivity index (χ4n) is 2.22. The summed E-state index contributed by atoms with van der Waals surface area (Å²) in [6.45, 7) is 0. The number of amides is 1. The molecule has 0 aliphatic rings. The summed E-state index contributed by atoms with van der Waals surface area (Å²) >= 11 is 1.20. The topological polar surface area (TPSA) is 85.1 Å². The highest BCUT2D eigenvalue weighted by atomic mass is 32.1. The third-order valence-electron chi connectivity index (χ3n) is 3.40. The van der Waals surface area contributed by atoms with E-state index < -0.39 is 10.8 Å². The fourth-order valence-corrected chi connectivity index (χ4v) is 2.94. The van der Waals surface area contributed by atoms with Crippen molar-refractivity contribution in [2.75, 3.05) is 5.32 Å². The molecule has 0 saturated heterocycles. The normalized spacial score (nSPS) is 10.8. The maximum Gasteiger partial charge on any atom is 0.276 e. The van der Waals surface area contributed by atoms with Gasteiger partial charge in [-0.25, -0.2) is 9.37 Å². The lowest BCUT2D eigenvalue weighted by Crippen LogP contribution is -2.07. The van der Waals surface area contributed by atoms with E-state index in [4.69, 9.17) is 0 Å². The number of hydrogen-bond donors (Lipinski definition) is 1. The van der Waals surface area contributed by atoms with Gasteiger partial charge in [-0.2, -0.15) is 0 Å². The van der Waals surface area contributed by atoms with Crippen LogP contribution in [0.25, 0.3) is 17.3 Å². The van der Waals surface area contributed by atoms with Gasteiger partial charge in [-0.1, -0.05) is 24.3 Å². The number of anilines is 1. The molecule has 1 heterocycles. The van der Waals surface area contributed by atoms with Crippen molar-refractivity contribution in [3.63, 3.8) is 0 Å². The fraction of sp³-hybridized carbons (Fsp3) is 0. The van der Waals surface area contributed by atoms with Gasteiger partial charge in [0.2, 0.25) is 5.91 Å². The molecule has 0 spiro atoms. The summed E-state index contributed by atoms with van der Waals surface area (Å²) in [6.07, 6.45) is 2.57. The first-order valence-corrected chi connectivity index (χ1v) is 8.35. The van der Waals surface area contributed by atoms with Crippen LogP contribution in [-0.4, -0.2) is 15.8 Å². The van der Waals surface area contributed by atoms with Gasteiger partial charge in [0.25, 0.3) is 5.69 Å². The predicted molar refractivity (Wildman–Crippen MR) is 98.3 cm³/mol. The lowest BCUT2D eigenvalue weighted by molar-refractivity contribution is -0.385. The van der Waals surface area contributed by atoms with E-state index in [1.165, 1.54) is 41.7 Å². The third kappa shape index (κ3) is 4.17. The quantitative estimate of drug-likeness (QED) is 0.407. The van der Waals surface area contributed by atoms with Crippen LogP contribution in [0, 0.1) is 15.9 Å². The third-order valence-corrected chi connectivity index (χ3v) is 4.16. The van der Waals surface area contributed by atoms with Crippen LogP contribution in [0.15, 0.2) is 60.0 Å². The molecule has 0 fully saturated rings. The Morgan fingerprint density at radius 1 is 1.23 bits per heavy atom. The van der Waals surface area contributed by atoms with Gasteiger partial charge in [0.15, 0.2) is 5.13 Å². The number of rotatable bonds is 5. The molecular formula is C18H12FN3O3S. The monoisotopic (exact) mass is 369 g/mol. The van der Waals surface area contributed by atoms with Gasteiger partial charge in [0.1, 0.15) is 5.82 Å². The van der Waals surface area contributed by atoms with Crippen LogP contribution < -0.4 is 5.32 Å². The Morgan fingerprint density at radius 2 is 2.04 bits per heavy atom. The highest BCUT2D eigenvalue weighted by Gasteiger charge is 2.11. The molecule has 3 rings (SSSR count). The predicted octanol–water partition coefficient (Wildman–Crippen LogP) is 4.51. The summed E-state index contributed by atoms with van der Waals surface area (Å²) in [5.74, 6) is -0.836. The van der Waals surface area contributed by atoms with E-state index in [0.717, 1.165) is 0 Å². The number of halogens is 1. The Morgan fingerprint density at radius 3 is 2.81 bits per heavy atom. The number of benzene rings is 2. The number of hydrogen-bond acceptors (Lipinski definition) is 5. The number of aromatic nitrogens is 1. The minimum atomic E-state index is -0.510. The Labute approximate surface area is 151 Å². The molecule has 0 aliphatic heterocycles. The molecule has 0 saturated carbocycles. The van der Waals surface area contributed by atoms with Crippen LogP contribution in [0.3, 0.4) is 0 Å². The Kier molecular flexibility index (Phi) is 5.14. The molecule has 1 N–H and O–H groups in total. The van der Waals surface area contributed by atoms with Crippen molar-refractivity contribution >= 4 is 34.1 Å². The SMILES string of the molecule is O=C(/C=C/c1ccccc1[N+](=O)[O-])Nc1nc(-c2cccc(F)c2)cs1. The van der Waals surface area contributed by atoms with E-state index in [9.17, 15) is 19.3 Å². The standard InChI is InChI=1S/C18H12FN3O3S/c19-14-6-3-5-13(10-14)15-11-26-18(20-15)21-17(23)9-8-12-4-1-2-7-16(12)22(24)25/h1-11H,(H,20,21,23)/b9-8+. The summed E-state index contributed by atoms with van der Waals surface area (Å²) in [4.78, 5) is 26.7. The van der Waals surface area contributed by atoms with Gasteiger partial charge in [0.05, 0.1) is 16.2 Å². The average molecular weight is 369 g/mol. The number of para-hydroxylation sites is 1. The lowest BCUT2D eigenvalue weighted by atomic mass is 10.1. The van der Waals surface area contributed by atoms with Gasteiger partial charge in [0, 0.05) is 23.1 Å². The van der Waals surface area contributed by atoms with Crippen molar-refractivity contribution in [3.05, 3.63) is 81.5 Å². The van der Waals surface area contributed by atoms with Crippen molar-refractivity contribution in [2.24, 2.45) is 0 Å². The Hall–Kier alpha value is -3.39. The Balaban J connectivity index is 1.70. The molecule has 0 atom stereocenters. The van der Waals surface area contributed by atoms with Crippen LogP contribution in [0.5, 0.6) is 0 Å². The maximum absolute atomic E-state index is 13.3. The van der Waals surface area contributed by atoms with Crippen LogP contribution >= 0.6 is 11.3 Å². The average Bonchev–Trinajstić information content (AvgIpc) is 3.08. The molecule has 8 heteroatoms. The Bertz CT molecular complexity index is 1000. The smallest absolute Gasteiger partial charge is 0.276 e. The zero-order valence-electron chi connectivity index (χ0n) is 13.3. The molecular weight excluding hydrogens is 357 g/mol. The van der Waals surface area contributed by atoms with Crippen molar-refractivity contribution in [1.29, 1.82) is 0 Å². The summed E-state index contributed by atoms with van der Waals surface area (Å²) in [5, 5.41) is 15.6. The summed E-state index contributed by atoms with van der Waals surface area (Å²) in [5.41, 5.74) is 1.40. The molecule has 130 valence electrons. The van der Waals surface area contributed by atoms with Gasteiger partial charge in [-0.3, -0.25) is 20.2 Å². The summed E-state index contributed by atoms with van der Waals surface area (Å²) < 4.78 is 13.3. The van der Waals surface area contributed by atoms with Crippen LogP contribution in [-0.2, 0) is 4.79 Å². The molecule has 26 heavy (non-hydrogen) atoms. The van der Waals surface area contributed by atoms with Crippen LogP contribution in [0.4, 0.5) is 15.2 Å². The number of carbonyl (C=O) groups excluding carboxylic acids is 1. The number of thiazole rings is 1. The minimum absolute atomic E-state index is 0.0841. The number of nitro groups is 1. The van der Waals surface area contributed by atoms with E-state index in [0.29, 0.717) is 22.0 Å². The van der Waals surface area contributed by atoms with E-state index in [1.807, 2.05) is 0 Å². The van der Waals surface area contributed by atoms with Gasteiger partial charge in [-0.05, 0) is 24.3 Å². The van der Waals surface area contributed by atoms with Crippen LogP contribution in [0.1, 0.15) is 5.56 Å². The van der Waals surface area contributed by atoms with Crippen molar-refractivity contribution in [1.82, 2.24) is 4.98 Å². The molecule has 6 nitrogen and oxygen atoms in total. The van der Waals surface area contributed by atoms with Crippen molar-refractivity contribution < 1.29 is 14.1 Å². The summed E-state index contributed by atoms with van der Waals surface area (Å²) in [7, 11) is 0. The van der Waals surface area contributed by atoms with E-state index in [1.54, 1.807) is 35.7 Å². The molecule has 0 aliphatic carbocycles. The lowest BCUT2D eigenvalue weighted by Gasteiger charge is -1.98. The number of nitro benzene ring substituents is 1. The second-order valence-electron chi connectivity index (χ2n) is 5.19. The molecule has 3 aromatic rings. The van der Waals surface area contributed by atoms with Gasteiger partial charge in [-0.15, -0.1) is 11.3 Å². The molecule has 0 radical (unpaired) electrons. The number of nitrogens with one attached hydrogen (secondary N) is 1. The van der Waals surface area contributed by atoms with E-state index in [-0.39, 0.29) is 11.5 Å². The second-order valence-corrected chi connectivity index (χ2v) is 6.04. The first-order valence-electron chi connectivity index (χ1n) is 7.47. The highest BCUT2D eigenvalue weighted by molar-refractivity contribution is 7.14. The van der Waals surface area contributed by atoms with Crippen LogP contribution in [0.2, 0.25) is 0 Å². The zero-order valence-corrected chi connectivity index (χ0v) is 14.1. The minimum Gasteiger partial charge on any atom is -0.298 e. The van der Waals surface area contributed by atoms with Crippen molar-refractivity contribution in [3.8, 4) is 11.3 Å². The zero-order chi connectivity index (χ0) is 18.5. The van der Waals surface area contributed by atoms with Gasteiger partial charge >= 0.3 is 0 Å². The largest absolute Gasteiger partial charge is 0.298 e. The molecule has 1 aromatic heterocycles. The number of nitrogens with zero attached hydrogens (tertiary/aromatic N) is 2. The first kappa shape index (κ1) is 17.4. The number of carbonyl (C=O) groups is 1. The molecule has 0 bridgehead atoms. The first-order chi connectivity index (χ1) is 12.5. The van der Waals surface area contributed by atoms with E-state index in [2.05, 4.69) is 10.3 Å². The second kappa shape index (κ2) is 7.66. The molecule has 0 unspecified atom stereocenters. The molecule has 1 amide bonds. The molecule has 2 aromatic carbocycles. The highest BCUT2D eigenvalue weighted by Crippen LogP contribution is 2.25.